The van der Waals surface area contributed by atoms with Gasteiger partial charge in [0.05, 0.1) is 26.3 Å². The molecule has 9 heteroatoms. The van der Waals surface area contributed by atoms with Gasteiger partial charge >= 0.3 is 0 Å². The molecule has 2 aromatic rings. The zero-order valence-electron chi connectivity index (χ0n) is 12.6. The summed E-state index contributed by atoms with van der Waals surface area (Å²) in [5.74, 6) is 0.658. The van der Waals surface area contributed by atoms with Crippen LogP contribution in [0.4, 0.5) is 11.6 Å². The molecule has 0 spiro atoms. The van der Waals surface area contributed by atoms with Gasteiger partial charge < -0.3 is 14.8 Å². The van der Waals surface area contributed by atoms with E-state index >= 15 is 0 Å². The molecule has 9 nitrogen and oxygen atoms in total. The zero-order valence-corrected chi connectivity index (χ0v) is 12.6. The molecule has 1 aromatic heterocycles. The maximum absolute atomic E-state index is 12.6. The monoisotopic (exact) mass is 317 g/mol. The van der Waals surface area contributed by atoms with Crippen molar-refractivity contribution in [2.45, 2.75) is 12.5 Å². The lowest BCUT2D eigenvalue weighted by Gasteiger charge is -2.23. The molecule has 1 unspecified atom stereocenters. The van der Waals surface area contributed by atoms with E-state index < -0.39 is 6.04 Å². The van der Waals surface area contributed by atoms with E-state index in [9.17, 15) is 9.59 Å². The van der Waals surface area contributed by atoms with Gasteiger partial charge in [-0.2, -0.15) is 0 Å². The number of amides is 2. The van der Waals surface area contributed by atoms with Crippen LogP contribution in [0.5, 0.6) is 11.5 Å². The summed E-state index contributed by atoms with van der Waals surface area (Å²) in [6.07, 6.45) is 1.41. The van der Waals surface area contributed by atoms with Crippen LogP contribution in [0.2, 0.25) is 0 Å². The first-order valence-electron chi connectivity index (χ1n) is 6.84. The molecule has 0 aliphatic carbocycles. The second-order valence-electron chi connectivity index (χ2n) is 4.89. The van der Waals surface area contributed by atoms with Crippen LogP contribution in [0.25, 0.3) is 0 Å². The van der Waals surface area contributed by atoms with Crippen LogP contribution >= 0.6 is 0 Å². The molecule has 0 fully saturated rings. The highest BCUT2D eigenvalue weighted by molar-refractivity contribution is 6.01. The standard InChI is InChI=1S/C14H15N5O4/c1-22-8-3-4-11(23-2)9(5-8)16-13(21)10-6-12(20)17-14-18-15-7-19(10)14/h3-5,7,10H,6H2,1-2H3,(H,16,21)(H,17,18,20). The molecule has 2 N–H and O–H groups in total. The van der Waals surface area contributed by atoms with Crippen molar-refractivity contribution in [1.82, 2.24) is 14.8 Å². The second-order valence-corrected chi connectivity index (χ2v) is 4.89. The van der Waals surface area contributed by atoms with Crippen molar-refractivity contribution < 1.29 is 19.1 Å². The minimum atomic E-state index is -0.732. The Morgan fingerprint density at radius 1 is 1.39 bits per heavy atom. The van der Waals surface area contributed by atoms with Gasteiger partial charge in [0.1, 0.15) is 23.9 Å². The minimum Gasteiger partial charge on any atom is -0.497 e. The average molecular weight is 317 g/mol. The van der Waals surface area contributed by atoms with E-state index in [1.165, 1.54) is 25.1 Å². The SMILES string of the molecule is COc1ccc(OC)c(NC(=O)C2CC(=O)Nc3nncn32)c1. The normalized spacial score (nSPS) is 16.3. The van der Waals surface area contributed by atoms with Crippen LogP contribution < -0.4 is 20.1 Å². The van der Waals surface area contributed by atoms with Gasteiger partial charge in [-0.05, 0) is 12.1 Å². The van der Waals surface area contributed by atoms with Crippen molar-refractivity contribution in [2.24, 2.45) is 0 Å². The molecular formula is C14H15N5O4. The van der Waals surface area contributed by atoms with E-state index in [4.69, 9.17) is 9.47 Å². The molecule has 23 heavy (non-hydrogen) atoms. The van der Waals surface area contributed by atoms with Gasteiger partial charge in [-0.3, -0.25) is 19.5 Å². The number of aromatic nitrogens is 3. The summed E-state index contributed by atoms with van der Waals surface area (Å²) in [4.78, 5) is 24.3. The summed E-state index contributed by atoms with van der Waals surface area (Å²) < 4.78 is 11.9. The van der Waals surface area contributed by atoms with Crippen LogP contribution in [-0.4, -0.2) is 40.8 Å². The van der Waals surface area contributed by atoms with Crippen molar-refractivity contribution in [3.05, 3.63) is 24.5 Å². The van der Waals surface area contributed by atoms with Gasteiger partial charge in [0, 0.05) is 6.07 Å². The van der Waals surface area contributed by atoms with Gasteiger partial charge in [-0.15, -0.1) is 10.2 Å². The molecule has 1 aliphatic rings. The minimum absolute atomic E-state index is 0.00313. The molecule has 1 aromatic carbocycles. The fraction of sp³-hybridized carbons (Fsp3) is 0.286. The third-order valence-corrected chi connectivity index (χ3v) is 3.51. The summed E-state index contributed by atoms with van der Waals surface area (Å²) in [5.41, 5.74) is 0.456. The summed E-state index contributed by atoms with van der Waals surface area (Å²) in [7, 11) is 3.03. The van der Waals surface area contributed by atoms with E-state index in [1.54, 1.807) is 18.2 Å². The summed E-state index contributed by atoms with van der Waals surface area (Å²) in [5, 5.41) is 12.8. The van der Waals surface area contributed by atoms with E-state index in [0.29, 0.717) is 17.2 Å². The third kappa shape index (κ3) is 2.80. The topological polar surface area (TPSA) is 107 Å². The van der Waals surface area contributed by atoms with Crippen molar-refractivity contribution in [3.8, 4) is 11.5 Å². The van der Waals surface area contributed by atoms with Crippen molar-refractivity contribution in [2.75, 3.05) is 24.9 Å². The number of hydrogen-bond donors (Lipinski definition) is 2. The number of carbonyl (C=O) groups excluding carboxylic acids is 2. The number of methoxy groups -OCH3 is 2. The Morgan fingerprint density at radius 2 is 2.22 bits per heavy atom. The summed E-state index contributed by atoms with van der Waals surface area (Å²) >= 11 is 0. The van der Waals surface area contributed by atoms with E-state index in [2.05, 4.69) is 20.8 Å². The second kappa shape index (κ2) is 5.95. The third-order valence-electron chi connectivity index (χ3n) is 3.51. The molecule has 1 atom stereocenters. The van der Waals surface area contributed by atoms with Gasteiger partial charge in [0.25, 0.3) is 0 Å². The van der Waals surface area contributed by atoms with E-state index in [1.807, 2.05) is 0 Å². The van der Waals surface area contributed by atoms with Crippen molar-refractivity contribution in [3.63, 3.8) is 0 Å². The number of carbonyl (C=O) groups is 2. The molecule has 1 aliphatic heterocycles. The number of hydrogen-bond acceptors (Lipinski definition) is 6. The Morgan fingerprint density at radius 3 is 2.96 bits per heavy atom. The number of ether oxygens (including phenoxy) is 2. The Balaban J connectivity index is 1.87. The summed E-state index contributed by atoms with van der Waals surface area (Å²) in [6, 6.07) is 4.32. The lowest BCUT2D eigenvalue weighted by Crippen LogP contribution is -2.35. The highest BCUT2D eigenvalue weighted by atomic mass is 16.5. The molecular weight excluding hydrogens is 302 g/mol. The number of fused-ring (bicyclic) bond motifs is 1. The lowest BCUT2D eigenvalue weighted by atomic mass is 10.1. The first kappa shape index (κ1) is 14.8. The maximum Gasteiger partial charge on any atom is 0.248 e. The van der Waals surface area contributed by atoms with Crippen molar-refractivity contribution in [1.29, 1.82) is 0 Å². The molecule has 0 bridgehead atoms. The predicted octanol–water partition coefficient (Wildman–Crippen LogP) is 0.817. The van der Waals surface area contributed by atoms with Gasteiger partial charge in [-0.25, -0.2) is 0 Å². The van der Waals surface area contributed by atoms with E-state index in [-0.39, 0.29) is 24.2 Å². The number of benzene rings is 1. The van der Waals surface area contributed by atoms with Gasteiger partial charge in [-0.1, -0.05) is 0 Å². The van der Waals surface area contributed by atoms with Crippen LogP contribution in [-0.2, 0) is 9.59 Å². The predicted molar refractivity (Wildman–Crippen MR) is 80.5 cm³/mol. The van der Waals surface area contributed by atoms with Gasteiger partial charge in [0.2, 0.25) is 17.8 Å². The van der Waals surface area contributed by atoms with Crippen molar-refractivity contribution >= 4 is 23.5 Å². The van der Waals surface area contributed by atoms with Crippen LogP contribution in [0.15, 0.2) is 24.5 Å². The zero-order chi connectivity index (χ0) is 16.4. The Hall–Kier alpha value is -3.10. The lowest BCUT2D eigenvalue weighted by molar-refractivity contribution is -0.125. The molecule has 0 saturated carbocycles. The maximum atomic E-state index is 12.6. The largest absolute Gasteiger partial charge is 0.497 e. The fourth-order valence-electron chi connectivity index (χ4n) is 2.36. The first-order valence-corrected chi connectivity index (χ1v) is 6.84. The molecule has 2 amide bonds. The quantitative estimate of drug-likeness (QED) is 0.864. The molecule has 0 radical (unpaired) electrons. The van der Waals surface area contributed by atoms with E-state index in [0.717, 1.165) is 0 Å². The first-order chi connectivity index (χ1) is 11.1. The highest BCUT2D eigenvalue weighted by Crippen LogP contribution is 2.31. The van der Waals surface area contributed by atoms with Gasteiger partial charge in [0.15, 0.2) is 0 Å². The number of nitrogens with zero attached hydrogens (tertiary/aromatic N) is 3. The van der Waals surface area contributed by atoms with Crippen LogP contribution in [0, 0.1) is 0 Å². The number of anilines is 2. The summed E-state index contributed by atoms with van der Waals surface area (Å²) in [6.45, 7) is 0. The smallest absolute Gasteiger partial charge is 0.248 e. The Labute approximate surface area is 131 Å². The molecule has 2 heterocycles. The average Bonchev–Trinajstić information content (AvgIpc) is 3.01. The number of nitrogens with one attached hydrogen (secondary N) is 2. The van der Waals surface area contributed by atoms with Crippen LogP contribution in [0.3, 0.4) is 0 Å². The molecule has 0 saturated heterocycles. The molecule has 120 valence electrons. The fourth-order valence-corrected chi connectivity index (χ4v) is 2.36. The Bertz CT molecular complexity index is 757. The highest BCUT2D eigenvalue weighted by Gasteiger charge is 2.31. The van der Waals surface area contributed by atoms with Crippen LogP contribution in [0.1, 0.15) is 12.5 Å². The Kier molecular flexibility index (Phi) is 3.83. The number of rotatable bonds is 4. The molecule has 3 rings (SSSR count).